The molecular weight excluding hydrogens is 464 g/mol. The van der Waals surface area contributed by atoms with Crippen LogP contribution in [-0.4, -0.2) is 32.0 Å². The highest BCUT2D eigenvalue weighted by atomic mass is 35.5. The van der Waals surface area contributed by atoms with Crippen LogP contribution in [0.1, 0.15) is 10.4 Å². The van der Waals surface area contributed by atoms with E-state index in [9.17, 15) is 18.0 Å². The number of para-hydroxylation sites is 1. The molecule has 1 aromatic heterocycles. The molecule has 9 heteroatoms. The van der Waals surface area contributed by atoms with E-state index in [0.29, 0.717) is 27.2 Å². The Balaban J connectivity index is 1.62. The van der Waals surface area contributed by atoms with Gasteiger partial charge in [0.25, 0.3) is 0 Å². The third-order valence-corrected chi connectivity index (χ3v) is 7.12. The van der Waals surface area contributed by atoms with Crippen LogP contribution in [0.2, 0.25) is 5.02 Å². The van der Waals surface area contributed by atoms with Crippen LogP contribution in [0.25, 0.3) is 10.9 Å². The fourth-order valence-electron chi connectivity index (χ4n) is 3.46. The minimum Gasteiger partial charge on any atom is -0.465 e. The molecule has 0 saturated carbocycles. The molecule has 168 valence electrons. The molecule has 4 aromatic rings. The minimum atomic E-state index is -3.83. The quantitative estimate of drug-likeness (QED) is 0.407. The Bertz CT molecular complexity index is 1440. The zero-order valence-corrected chi connectivity index (χ0v) is 19.1. The molecule has 7 nitrogen and oxygen atoms in total. The van der Waals surface area contributed by atoms with Crippen molar-refractivity contribution in [3.8, 4) is 0 Å². The summed E-state index contributed by atoms with van der Waals surface area (Å²) in [7, 11) is -2.53. The van der Waals surface area contributed by atoms with Gasteiger partial charge in [-0.05, 0) is 54.6 Å². The van der Waals surface area contributed by atoms with Crippen molar-refractivity contribution in [1.29, 1.82) is 0 Å². The van der Waals surface area contributed by atoms with Gasteiger partial charge in [-0.2, -0.15) is 0 Å². The average molecular weight is 483 g/mol. The number of ether oxygens (including phenoxy) is 1. The Kier molecular flexibility index (Phi) is 6.22. The number of hydrogen-bond donors (Lipinski definition) is 1. The second-order valence-corrected chi connectivity index (χ2v) is 9.57. The number of sulfone groups is 1. The molecule has 0 aliphatic carbocycles. The van der Waals surface area contributed by atoms with Crippen molar-refractivity contribution < 1.29 is 22.7 Å². The summed E-state index contributed by atoms with van der Waals surface area (Å²) in [5.41, 5.74) is 1.48. The average Bonchev–Trinajstić information content (AvgIpc) is 3.18. The van der Waals surface area contributed by atoms with Gasteiger partial charge in [0, 0.05) is 27.8 Å². The minimum absolute atomic E-state index is 0.102. The van der Waals surface area contributed by atoms with Crippen molar-refractivity contribution in [2.45, 2.75) is 16.3 Å². The second kappa shape index (κ2) is 9.09. The van der Waals surface area contributed by atoms with Crippen molar-refractivity contribution in [2.75, 3.05) is 12.4 Å². The van der Waals surface area contributed by atoms with Gasteiger partial charge in [-0.15, -0.1) is 0 Å². The van der Waals surface area contributed by atoms with Gasteiger partial charge in [-0.1, -0.05) is 29.8 Å². The molecule has 0 aliphatic heterocycles. The van der Waals surface area contributed by atoms with Gasteiger partial charge in [-0.3, -0.25) is 4.79 Å². The molecule has 1 N–H and O–H groups in total. The lowest BCUT2D eigenvalue weighted by Gasteiger charge is -2.08. The maximum atomic E-state index is 13.3. The van der Waals surface area contributed by atoms with Gasteiger partial charge in [0.1, 0.15) is 6.54 Å². The van der Waals surface area contributed by atoms with Crippen molar-refractivity contribution in [3.05, 3.63) is 89.6 Å². The van der Waals surface area contributed by atoms with Gasteiger partial charge < -0.3 is 14.6 Å². The molecule has 0 unspecified atom stereocenters. The maximum Gasteiger partial charge on any atom is 0.337 e. The standard InChI is InChI=1S/C24H19ClN2O5S/c1-32-24(29)16-6-10-18(11-7-16)26-23(28)15-27-14-22(20-4-2-3-5-21(20)27)33(30,31)19-12-8-17(25)9-13-19/h2-14H,15H2,1H3,(H,26,28). The number of anilines is 1. The largest absolute Gasteiger partial charge is 0.465 e. The molecular formula is C24H19ClN2O5S. The number of nitrogens with one attached hydrogen (secondary N) is 1. The Hall–Kier alpha value is -3.62. The molecule has 0 radical (unpaired) electrons. The summed E-state index contributed by atoms with van der Waals surface area (Å²) in [4.78, 5) is 24.4. The first-order chi connectivity index (χ1) is 15.8. The number of nitrogens with zero attached hydrogens (tertiary/aromatic N) is 1. The first-order valence-electron chi connectivity index (χ1n) is 9.86. The number of carbonyl (C=O) groups is 2. The number of halogens is 1. The molecule has 0 bridgehead atoms. The number of esters is 1. The summed E-state index contributed by atoms with van der Waals surface area (Å²) in [5.74, 6) is -0.821. The Morgan fingerprint density at radius 2 is 1.64 bits per heavy atom. The first kappa shape index (κ1) is 22.6. The van der Waals surface area contributed by atoms with Crippen LogP contribution in [0.15, 0.2) is 88.8 Å². The van der Waals surface area contributed by atoms with E-state index in [2.05, 4.69) is 10.1 Å². The van der Waals surface area contributed by atoms with E-state index in [0.717, 1.165) is 0 Å². The molecule has 0 fully saturated rings. The number of amides is 1. The zero-order valence-electron chi connectivity index (χ0n) is 17.5. The van der Waals surface area contributed by atoms with Crippen LogP contribution in [0.5, 0.6) is 0 Å². The summed E-state index contributed by atoms with van der Waals surface area (Å²) >= 11 is 5.90. The molecule has 0 saturated heterocycles. The van der Waals surface area contributed by atoms with E-state index in [1.54, 1.807) is 53.1 Å². The summed E-state index contributed by atoms with van der Waals surface area (Å²) in [6, 6.07) is 19.2. The molecule has 33 heavy (non-hydrogen) atoms. The third-order valence-electron chi connectivity index (χ3n) is 5.07. The van der Waals surface area contributed by atoms with Crippen LogP contribution in [0.4, 0.5) is 5.69 Å². The van der Waals surface area contributed by atoms with Crippen molar-refractivity contribution in [3.63, 3.8) is 0 Å². The maximum absolute atomic E-state index is 13.3. The highest BCUT2D eigenvalue weighted by Crippen LogP contribution is 2.30. The van der Waals surface area contributed by atoms with E-state index >= 15 is 0 Å². The van der Waals surface area contributed by atoms with E-state index in [-0.39, 0.29) is 22.2 Å². The lowest BCUT2D eigenvalue weighted by Crippen LogP contribution is -2.18. The van der Waals surface area contributed by atoms with Gasteiger partial charge in [0.15, 0.2) is 0 Å². The van der Waals surface area contributed by atoms with Crippen molar-refractivity contribution >= 4 is 49.9 Å². The number of hydrogen-bond acceptors (Lipinski definition) is 5. The van der Waals surface area contributed by atoms with E-state index in [4.69, 9.17) is 11.6 Å². The number of benzene rings is 3. The molecule has 0 atom stereocenters. The summed E-state index contributed by atoms with van der Waals surface area (Å²) in [5, 5.41) is 3.70. The van der Waals surface area contributed by atoms with Crippen LogP contribution >= 0.6 is 11.6 Å². The number of fused-ring (bicyclic) bond motifs is 1. The number of rotatable bonds is 6. The van der Waals surface area contributed by atoms with Crippen LogP contribution in [-0.2, 0) is 25.9 Å². The lowest BCUT2D eigenvalue weighted by molar-refractivity contribution is -0.116. The van der Waals surface area contributed by atoms with E-state index in [1.165, 1.54) is 37.6 Å². The fraction of sp³-hybridized carbons (Fsp3) is 0.0833. The first-order valence-corrected chi connectivity index (χ1v) is 11.7. The lowest BCUT2D eigenvalue weighted by atomic mass is 10.2. The van der Waals surface area contributed by atoms with Crippen LogP contribution in [0, 0.1) is 0 Å². The predicted octanol–water partition coefficient (Wildman–Crippen LogP) is 4.55. The second-order valence-electron chi connectivity index (χ2n) is 7.21. The van der Waals surface area contributed by atoms with E-state index < -0.39 is 15.8 Å². The smallest absolute Gasteiger partial charge is 0.337 e. The zero-order chi connectivity index (χ0) is 23.6. The molecule has 0 spiro atoms. The van der Waals surface area contributed by atoms with Gasteiger partial charge in [-0.25, -0.2) is 13.2 Å². The summed E-state index contributed by atoms with van der Waals surface area (Å²) in [6.45, 7) is -0.102. The fourth-order valence-corrected chi connectivity index (χ4v) is 5.06. The van der Waals surface area contributed by atoms with Crippen LogP contribution < -0.4 is 5.32 Å². The highest BCUT2D eigenvalue weighted by molar-refractivity contribution is 7.91. The SMILES string of the molecule is COC(=O)c1ccc(NC(=O)Cn2cc(S(=O)(=O)c3ccc(Cl)cc3)c3ccccc32)cc1. The monoisotopic (exact) mass is 482 g/mol. The Labute approximate surface area is 195 Å². The van der Waals surface area contributed by atoms with Gasteiger partial charge in [0.2, 0.25) is 15.7 Å². The van der Waals surface area contributed by atoms with E-state index in [1.807, 2.05) is 0 Å². The van der Waals surface area contributed by atoms with Crippen molar-refractivity contribution in [2.24, 2.45) is 0 Å². The normalized spacial score (nSPS) is 11.3. The third kappa shape index (κ3) is 4.62. The number of carbonyl (C=O) groups excluding carboxylic acids is 2. The molecule has 4 rings (SSSR count). The molecule has 1 heterocycles. The van der Waals surface area contributed by atoms with Crippen molar-refractivity contribution in [1.82, 2.24) is 4.57 Å². The summed E-state index contributed by atoms with van der Waals surface area (Å²) in [6.07, 6.45) is 1.47. The molecule has 1 amide bonds. The summed E-state index contributed by atoms with van der Waals surface area (Å²) < 4.78 is 32.8. The van der Waals surface area contributed by atoms with Crippen LogP contribution in [0.3, 0.4) is 0 Å². The molecule has 0 aliphatic rings. The van der Waals surface area contributed by atoms with Gasteiger partial charge in [0.05, 0.1) is 22.5 Å². The Morgan fingerprint density at radius 1 is 0.970 bits per heavy atom. The Morgan fingerprint density at radius 3 is 2.30 bits per heavy atom. The highest BCUT2D eigenvalue weighted by Gasteiger charge is 2.24. The molecule has 3 aromatic carbocycles. The number of methoxy groups -OCH3 is 1. The topological polar surface area (TPSA) is 94.5 Å². The van der Waals surface area contributed by atoms with Gasteiger partial charge >= 0.3 is 5.97 Å². The number of aromatic nitrogens is 1. The predicted molar refractivity (Wildman–Crippen MR) is 125 cm³/mol.